The number of hydrogen-bond donors (Lipinski definition) is 1. The van der Waals surface area contributed by atoms with E-state index in [4.69, 9.17) is 4.42 Å². The first-order valence-corrected chi connectivity index (χ1v) is 8.04. The molecule has 0 bridgehead atoms. The summed E-state index contributed by atoms with van der Waals surface area (Å²) in [5.74, 6) is -0.357. The molecule has 134 valence electrons. The number of oxazole rings is 1. The average molecular weight is 357 g/mol. The van der Waals surface area contributed by atoms with Crippen LogP contribution in [0, 0.1) is 12.7 Å². The Morgan fingerprint density at radius 1 is 1.42 bits per heavy atom. The fourth-order valence-electron chi connectivity index (χ4n) is 2.98. The highest BCUT2D eigenvalue weighted by molar-refractivity contribution is 6.08. The molecule has 9 heteroatoms. The van der Waals surface area contributed by atoms with Crippen LogP contribution in [0.25, 0.3) is 11.1 Å². The number of carbonyl (C=O) groups is 2. The lowest BCUT2D eigenvalue weighted by molar-refractivity contribution is -0.116. The fourth-order valence-corrected chi connectivity index (χ4v) is 2.98. The smallest absolute Gasteiger partial charge is 0.302 e. The van der Waals surface area contributed by atoms with E-state index in [-0.39, 0.29) is 30.0 Å². The minimum absolute atomic E-state index is 0.0245. The van der Waals surface area contributed by atoms with Gasteiger partial charge < -0.3 is 13.9 Å². The summed E-state index contributed by atoms with van der Waals surface area (Å²) in [7, 11) is 1.78. The number of nitrogens with zero attached hydrogens (tertiary/aromatic N) is 4. The number of ketones is 1. The average Bonchev–Trinajstić information content (AvgIpc) is 3.21. The van der Waals surface area contributed by atoms with E-state index in [1.165, 1.54) is 17.0 Å². The van der Waals surface area contributed by atoms with E-state index >= 15 is 0 Å². The monoisotopic (exact) mass is 357 g/mol. The molecule has 0 saturated carbocycles. The summed E-state index contributed by atoms with van der Waals surface area (Å²) in [6.07, 6.45) is 1.45. The summed E-state index contributed by atoms with van der Waals surface area (Å²) in [6, 6.07) is 2.44. The molecule has 1 amide bonds. The zero-order valence-electron chi connectivity index (χ0n) is 14.4. The number of anilines is 2. The standard InChI is InChI=1S/C17H16FN5O3/c1-8-4-11-12(5-10(8)18)26-17(20-11)21-13(24)6-23-7-19-16-14(23)15(25)9(2)22(16)3/h4-5,7,9H,6H2,1-3H3,(H,20,21,24). The molecular formula is C17H16FN5O3. The number of aryl methyl sites for hydroxylation is 1. The first-order valence-electron chi connectivity index (χ1n) is 8.04. The van der Waals surface area contributed by atoms with Crippen molar-refractivity contribution in [1.29, 1.82) is 0 Å². The summed E-state index contributed by atoms with van der Waals surface area (Å²) in [5, 5.41) is 2.52. The third-order valence-corrected chi connectivity index (χ3v) is 4.58. The third kappa shape index (κ3) is 2.43. The van der Waals surface area contributed by atoms with Crippen molar-refractivity contribution >= 4 is 34.6 Å². The van der Waals surface area contributed by atoms with Crippen molar-refractivity contribution in [3.8, 4) is 0 Å². The maximum atomic E-state index is 13.6. The molecule has 0 radical (unpaired) electrons. The van der Waals surface area contributed by atoms with E-state index in [1.54, 1.807) is 31.9 Å². The third-order valence-electron chi connectivity index (χ3n) is 4.58. The number of likely N-dealkylation sites (N-methyl/N-ethyl adjacent to an activating group) is 1. The number of hydrogen-bond acceptors (Lipinski definition) is 6. The van der Waals surface area contributed by atoms with E-state index in [9.17, 15) is 14.0 Å². The zero-order valence-corrected chi connectivity index (χ0v) is 14.4. The second-order valence-electron chi connectivity index (χ2n) is 6.33. The zero-order chi connectivity index (χ0) is 18.6. The predicted molar refractivity (Wildman–Crippen MR) is 91.8 cm³/mol. The van der Waals surface area contributed by atoms with E-state index in [2.05, 4.69) is 15.3 Å². The number of halogens is 1. The Kier molecular flexibility index (Phi) is 3.53. The molecule has 0 saturated heterocycles. The topological polar surface area (TPSA) is 93.3 Å². The Bertz CT molecular complexity index is 1020. The van der Waals surface area contributed by atoms with Gasteiger partial charge in [-0.2, -0.15) is 4.98 Å². The highest BCUT2D eigenvalue weighted by Gasteiger charge is 2.36. The largest absolute Gasteiger partial charge is 0.423 e. The number of amides is 1. The number of fused-ring (bicyclic) bond motifs is 2. The summed E-state index contributed by atoms with van der Waals surface area (Å²) in [5.41, 5.74) is 1.55. The lowest BCUT2D eigenvalue weighted by Crippen LogP contribution is -2.29. The molecule has 1 aliphatic rings. The van der Waals surface area contributed by atoms with E-state index in [0.29, 0.717) is 22.6 Å². The van der Waals surface area contributed by atoms with E-state index in [0.717, 1.165) is 0 Å². The molecule has 1 unspecified atom stereocenters. The molecule has 8 nitrogen and oxygen atoms in total. The Hall–Kier alpha value is -3.23. The van der Waals surface area contributed by atoms with E-state index < -0.39 is 11.7 Å². The summed E-state index contributed by atoms with van der Waals surface area (Å²) in [6.45, 7) is 3.30. The molecule has 1 aliphatic heterocycles. The van der Waals surface area contributed by atoms with Crippen LogP contribution in [-0.2, 0) is 11.3 Å². The molecule has 0 spiro atoms. The van der Waals surface area contributed by atoms with Gasteiger partial charge in [-0.1, -0.05) is 0 Å². The highest BCUT2D eigenvalue weighted by Crippen LogP contribution is 2.29. The van der Waals surface area contributed by atoms with Gasteiger partial charge in [0.25, 0.3) is 0 Å². The lowest BCUT2D eigenvalue weighted by Gasteiger charge is -2.14. The molecule has 1 N–H and O–H groups in total. The number of carbonyl (C=O) groups excluding carboxylic acids is 2. The quantitative estimate of drug-likeness (QED) is 0.772. The van der Waals surface area contributed by atoms with Crippen LogP contribution in [0.1, 0.15) is 23.0 Å². The molecule has 2 aromatic heterocycles. The van der Waals surface area contributed by atoms with Crippen LogP contribution in [-0.4, -0.2) is 39.3 Å². The molecule has 1 aromatic carbocycles. The van der Waals surface area contributed by atoms with Gasteiger partial charge >= 0.3 is 6.01 Å². The van der Waals surface area contributed by atoms with Crippen LogP contribution in [0.4, 0.5) is 16.2 Å². The van der Waals surface area contributed by atoms with Crippen LogP contribution >= 0.6 is 0 Å². The molecular weight excluding hydrogens is 341 g/mol. The molecule has 0 aliphatic carbocycles. The molecule has 0 fully saturated rings. The number of aromatic nitrogens is 3. The van der Waals surface area contributed by atoms with Crippen molar-refractivity contribution in [1.82, 2.24) is 14.5 Å². The van der Waals surface area contributed by atoms with Gasteiger partial charge in [0.1, 0.15) is 23.6 Å². The van der Waals surface area contributed by atoms with Crippen molar-refractivity contribution in [2.45, 2.75) is 26.4 Å². The van der Waals surface area contributed by atoms with Crippen LogP contribution in [0.3, 0.4) is 0 Å². The highest BCUT2D eigenvalue weighted by atomic mass is 19.1. The first-order chi connectivity index (χ1) is 12.3. The molecule has 26 heavy (non-hydrogen) atoms. The van der Waals surface area contributed by atoms with Crippen molar-refractivity contribution in [3.63, 3.8) is 0 Å². The number of imidazole rings is 1. The number of rotatable bonds is 3. The Morgan fingerprint density at radius 2 is 2.19 bits per heavy atom. The maximum Gasteiger partial charge on any atom is 0.302 e. The van der Waals surface area contributed by atoms with Gasteiger partial charge in [-0.05, 0) is 25.5 Å². The van der Waals surface area contributed by atoms with Crippen LogP contribution in [0.5, 0.6) is 0 Å². The normalized spacial score (nSPS) is 16.4. The molecule has 1 atom stereocenters. The molecule has 3 heterocycles. The molecule has 3 aromatic rings. The van der Waals surface area contributed by atoms with Crippen LogP contribution in [0.15, 0.2) is 22.9 Å². The van der Waals surface area contributed by atoms with Gasteiger partial charge in [-0.15, -0.1) is 0 Å². The van der Waals surface area contributed by atoms with Crippen molar-refractivity contribution in [3.05, 3.63) is 35.5 Å². The minimum Gasteiger partial charge on any atom is -0.423 e. The van der Waals surface area contributed by atoms with Crippen molar-refractivity contribution in [2.24, 2.45) is 0 Å². The number of benzene rings is 1. The van der Waals surface area contributed by atoms with Gasteiger partial charge in [0.2, 0.25) is 11.7 Å². The summed E-state index contributed by atoms with van der Waals surface area (Å²) >= 11 is 0. The predicted octanol–water partition coefficient (Wildman–Crippen LogP) is 2.13. The van der Waals surface area contributed by atoms with Crippen molar-refractivity contribution in [2.75, 3.05) is 17.3 Å². The van der Waals surface area contributed by atoms with Crippen LogP contribution in [0.2, 0.25) is 0 Å². The number of Topliss-reactive ketones (excluding diaryl/α,β-unsaturated/α-hetero) is 1. The number of nitrogens with one attached hydrogen (secondary N) is 1. The second-order valence-corrected chi connectivity index (χ2v) is 6.33. The minimum atomic E-state index is -0.427. The van der Waals surface area contributed by atoms with Crippen LogP contribution < -0.4 is 10.2 Å². The van der Waals surface area contributed by atoms with Gasteiger partial charge in [0.15, 0.2) is 11.4 Å². The molecule has 4 rings (SSSR count). The fraction of sp³-hybridized carbons (Fsp3) is 0.294. The second kappa shape index (κ2) is 5.65. The van der Waals surface area contributed by atoms with Gasteiger partial charge in [-0.25, -0.2) is 9.37 Å². The lowest BCUT2D eigenvalue weighted by atomic mass is 10.2. The van der Waals surface area contributed by atoms with Gasteiger partial charge in [0, 0.05) is 13.1 Å². The summed E-state index contributed by atoms with van der Waals surface area (Å²) < 4.78 is 20.4. The maximum absolute atomic E-state index is 13.6. The van der Waals surface area contributed by atoms with Gasteiger partial charge in [0.05, 0.1) is 12.4 Å². The van der Waals surface area contributed by atoms with Gasteiger partial charge in [-0.3, -0.25) is 14.9 Å². The van der Waals surface area contributed by atoms with E-state index in [1.807, 2.05) is 0 Å². The summed E-state index contributed by atoms with van der Waals surface area (Å²) in [4.78, 5) is 34.7. The first kappa shape index (κ1) is 16.2. The Morgan fingerprint density at radius 3 is 2.96 bits per heavy atom. The van der Waals surface area contributed by atoms with Crippen molar-refractivity contribution < 1.29 is 18.4 Å². The Balaban J connectivity index is 1.54. The SMILES string of the molecule is Cc1cc2nc(NC(=O)Cn3cnc4c3C(=O)C(C)N4C)oc2cc1F. The Labute approximate surface area is 147 Å².